The zero-order valence-corrected chi connectivity index (χ0v) is 37.3. The van der Waals surface area contributed by atoms with Crippen LogP contribution in [0.3, 0.4) is 0 Å². The molecular formula is C51H55FN4O7S. The summed E-state index contributed by atoms with van der Waals surface area (Å²) in [6.07, 6.45) is 0.793. The maximum Gasteiger partial charge on any atom is 0.317 e. The van der Waals surface area contributed by atoms with Gasteiger partial charge in [-0.25, -0.2) is 12.8 Å². The highest BCUT2D eigenvalue weighted by Crippen LogP contribution is 2.29. The maximum atomic E-state index is 13.3. The molecule has 3 N–H and O–H groups in total. The third kappa shape index (κ3) is 12.6. The van der Waals surface area contributed by atoms with Crippen LogP contribution in [0, 0.1) is 11.7 Å². The van der Waals surface area contributed by atoms with Gasteiger partial charge in [-0.05, 0) is 114 Å². The second kappa shape index (κ2) is 21.7. The van der Waals surface area contributed by atoms with Crippen LogP contribution in [0.2, 0.25) is 0 Å². The summed E-state index contributed by atoms with van der Waals surface area (Å²) in [6.45, 7) is 7.53. The molecule has 0 radical (unpaired) electrons. The molecule has 0 aromatic heterocycles. The molecule has 0 atom stereocenters. The van der Waals surface area contributed by atoms with Gasteiger partial charge < -0.3 is 25.2 Å². The summed E-state index contributed by atoms with van der Waals surface area (Å²) in [6, 6.07) is 45.6. The molecule has 6 aromatic rings. The zero-order chi connectivity index (χ0) is 45.8. The lowest BCUT2D eigenvalue weighted by Gasteiger charge is -2.36. The van der Waals surface area contributed by atoms with E-state index in [9.17, 15) is 22.4 Å². The van der Waals surface area contributed by atoms with Crippen LogP contribution in [0.25, 0.3) is 22.3 Å². The number of methoxy groups -OCH3 is 1. The van der Waals surface area contributed by atoms with E-state index in [1.54, 1.807) is 55.6 Å². The average Bonchev–Trinajstić information content (AvgIpc) is 3.29. The van der Waals surface area contributed by atoms with Crippen molar-refractivity contribution in [2.24, 2.45) is 5.92 Å². The second-order valence-corrected chi connectivity index (χ2v) is 18.0. The minimum atomic E-state index is -3.71. The van der Waals surface area contributed by atoms with Crippen molar-refractivity contribution in [3.05, 3.63) is 168 Å². The van der Waals surface area contributed by atoms with Gasteiger partial charge in [0.25, 0.3) is 10.0 Å². The molecule has 0 saturated carbocycles. The number of carboxylic acid groups (broad SMARTS) is 2. The molecule has 1 aliphatic heterocycles. The summed E-state index contributed by atoms with van der Waals surface area (Å²) in [4.78, 5) is 26.0. The van der Waals surface area contributed by atoms with E-state index in [0.717, 1.165) is 53.0 Å². The molecule has 334 valence electrons. The Morgan fingerprint density at radius 2 is 1.28 bits per heavy atom. The summed E-state index contributed by atoms with van der Waals surface area (Å²) in [5, 5.41) is 20.5. The van der Waals surface area contributed by atoms with E-state index < -0.39 is 22.0 Å². The van der Waals surface area contributed by atoms with E-state index in [4.69, 9.17) is 14.9 Å². The number of hydrogen-bond acceptors (Lipinski definition) is 8. The van der Waals surface area contributed by atoms with Crippen molar-refractivity contribution in [2.75, 3.05) is 49.5 Å². The number of nitrogens with one attached hydrogen (secondary N) is 1. The summed E-state index contributed by atoms with van der Waals surface area (Å²) >= 11 is 0. The Hall–Kier alpha value is -6.54. The second-order valence-electron chi connectivity index (χ2n) is 16.0. The van der Waals surface area contributed by atoms with E-state index in [-0.39, 0.29) is 23.2 Å². The number of likely N-dealkylation sites (tertiary alicyclic amines) is 1. The largest absolute Gasteiger partial charge is 0.497 e. The number of aliphatic carboxylic acids is 2. The van der Waals surface area contributed by atoms with Crippen molar-refractivity contribution in [2.45, 2.75) is 44.3 Å². The number of nitrogens with zero attached hydrogens (tertiary/aromatic N) is 3. The predicted molar refractivity (Wildman–Crippen MR) is 251 cm³/mol. The first kappa shape index (κ1) is 47.0. The maximum absolute atomic E-state index is 13.3. The van der Waals surface area contributed by atoms with Crippen LogP contribution in [0.5, 0.6) is 5.75 Å². The Kier molecular flexibility index (Phi) is 15.9. The molecule has 7 rings (SSSR count). The van der Waals surface area contributed by atoms with Crippen molar-refractivity contribution >= 4 is 33.3 Å². The third-order valence-corrected chi connectivity index (χ3v) is 13.0. The van der Waals surface area contributed by atoms with Crippen molar-refractivity contribution in [1.29, 1.82) is 0 Å². The van der Waals surface area contributed by atoms with E-state index in [1.807, 2.05) is 36.4 Å². The van der Waals surface area contributed by atoms with E-state index in [2.05, 4.69) is 77.5 Å². The van der Waals surface area contributed by atoms with Gasteiger partial charge in [0.1, 0.15) is 11.6 Å². The van der Waals surface area contributed by atoms with Gasteiger partial charge in [0.15, 0.2) is 0 Å². The van der Waals surface area contributed by atoms with Crippen LogP contribution in [0.1, 0.15) is 30.5 Å². The Morgan fingerprint density at radius 1 is 0.750 bits per heavy atom. The van der Waals surface area contributed by atoms with E-state index >= 15 is 0 Å². The van der Waals surface area contributed by atoms with Gasteiger partial charge in [0.2, 0.25) is 0 Å². The summed E-state index contributed by atoms with van der Waals surface area (Å²) in [7, 11) is -0.651. The first-order chi connectivity index (χ1) is 30.7. The number of anilines is 2. The predicted octanol–water partition coefficient (Wildman–Crippen LogP) is 8.83. The Bertz CT molecular complexity index is 2570. The molecule has 1 fully saturated rings. The summed E-state index contributed by atoms with van der Waals surface area (Å²) in [5.74, 6) is -1.47. The van der Waals surface area contributed by atoms with Gasteiger partial charge in [0.05, 0.1) is 30.2 Å². The number of carboxylic acids is 2. The quantitative estimate of drug-likeness (QED) is 0.0718. The van der Waals surface area contributed by atoms with E-state index in [1.165, 1.54) is 34.6 Å². The molecule has 11 nitrogen and oxygen atoms in total. The molecule has 0 amide bonds. The van der Waals surface area contributed by atoms with Gasteiger partial charge >= 0.3 is 11.9 Å². The number of carbonyl (C=O) groups is 2. The fourth-order valence-electron chi connectivity index (χ4n) is 7.33. The van der Waals surface area contributed by atoms with Crippen molar-refractivity contribution < 1.29 is 37.3 Å². The highest BCUT2D eigenvalue weighted by atomic mass is 32.2. The standard InChI is InChI=1S/C26H29FN2O2.C25H26N2O5S/c1-19(2)29(25-13-11-24(27)12-14-25)18-21-5-9-23(10-6-21)22-7-3-20(4-8-22)15-16-28-17-26(30)31;1-26(22-4-3-5-23(14-22)32-2)33(30,31)24-12-10-20(11-13-24)19-8-6-18(7-9-19)15-27-16-21(17-27)25(28)29/h3-14,19,28H,15-18H2,1-2H3,(H,30,31);3-14,21H,15-17H2,1-2H3,(H,28,29). The van der Waals surface area contributed by atoms with Crippen molar-refractivity contribution in [1.82, 2.24) is 10.2 Å². The Labute approximate surface area is 375 Å². The van der Waals surface area contributed by atoms with Gasteiger partial charge in [-0.1, -0.05) is 91.0 Å². The third-order valence-electron chi connectivity index (χ3n) is 11.2. The topological polar surface area (TPSA) is 140 Å². The molecule has 1 heterocycles. The number of ether oxygens (including phenoxy) is 1. The summed E-state index contributed by atoms with van der Waals surface area (Å²) in [5.41, 5.74) is 9.20. The molecular weight excluding hydrogens is 832 g/mol. The molecule has 0 unspecified atom stereocenters. The van der Waals surface area contributed by atoms with Crippen LogP contribution in [-0.2, 0) is 39.1 Å². The minimum Gasteiger partial charge on any atom is -0.497 e. The number of sulfonamides is 1. The number of rotatable bonds is 18. The van der Waals surface area contributed by atoms with Crippen LogP contribution in [0.15, 0.2) is 150 Å². The molecule has 0 spiro atoms. The van der Waals surface area contributed by atoms with Gasteiger partial charge in [-0.2, -0.15) is 0 Å². The number of halogens is 1. The smallest absolute Gasteiger partial charge is 0.317 e. The van der Waals surface area contributed by atoms with Crippen LogP contribution >= 0.6 is 0 Å². The lowest BCUT2D eigenvalue weighted by Crippen LogP contribution is -2.49. The number of hydrogen-bond donors (Lipinski definition) is 3. The monoisotopic (exact) mass is 886 g/mol. The van der Waals surface area contributed by atoms with Crippen LogP contribution < -0.4 is 19.3 Å². The lowest BCUT2D eigenvalue weighted by atomic mass is 9.99. The first-order valence-corrected chi connectivity index (χ1v) is 22.5. The lowest BCUT2D eigenvalue weighted by molar-refractivity contribution is -0.147. The SMILES string of the molecule is CC(C)N(Cc1ccc(-c2ccc(CCNCC(=O)O)cc2)cc1)c1ccc(F)cc1.COc1cccc(N(C)S(=O)(=O)c2ccc(-c3ccc(CN4CC(C(=O)O)C4)cc3)cc2)c1. The van der Waals surface area contributed by atoms with Gasteiger partial charge in [-0.15, -0.1) is 0 Å². The fourth-order valence-corrected chi connectivity index (χ4v) is 8.52. The summed E-state index contributed by atoms with van der Waals surface area (Å²) < 4.78 is 45.8. The van der Waals surface area contributed by atoms with Crippen LogP contribution in [-0.4, -0.2) is 81.8 Å². The molecule has 6 aromatic carbocycles. The van der Waals surface area contributed by atoms with Crippen molar-refractivity contribution in [3.8, 4) is 28.0 Å². The Morgan fingerprint density at radius 3 is 1.80 bits per heavy atom. The highest BCUT2D eigenvalue weighted by Gasteiger charge is 2.32. The van der Waals surface area contributed by atoms with Gasteiger partial charge in [0, 0.05) is 51.0 Å². The molecule has 0 bridgehead atoms. The Balaban J connectivity index is 0.000000213. The normalized spacial score (nSPS) is 12.8. The molecule has 1 aliphatic rings. The zero-order valence-electron chi connectivity index (χ0n) is 36.5. The van der Waals surface area contributed by atoms with Crippen molar-refractivity contribution in [3.63, 3.8) is 0 Å². The molecule has 1 saturated heterocycles. The fraction of sp³-hybridized carbons (Fsp3) is 0.255. The van der Waals surface area contributed by atoms with Crippen LogP contribution in [0.4, 0.5) is 15.8 Å². The van der Waals surface area contributed by atoms with E-state index in [0.29, 0.717) is 37.1 Å². The molecule has 64 heavy (non-hydrogen) atoms. The minimum absolute atomic E-state index is 0.0141. The average molecular weight is 887 g/mol. The molecule has 13 heteroatoms. The highest BCUT2D eigenvalue weighted by molar-refractivity contribution is 7.92. The van der Waals surface area contributed by atoms with Gasteiger partial charge in [-0.3, -0.25) is 18.8 Å². The first-order valence-electron chi connectivity index (χ1n) is 21.1. The number of benzene rings is 6. The molecule has 0 aliphatic carbocycles.